The number of halogens is 1. The lowest BCUT2D eigenvalue weighted by atomic mass is 9.86. The largest absolute Gasteiger partial charge is 0.493 e. The zero-order chi connectivity index (χ0) is 13.8. The van der Waals surface area contributed by atoms with Crippen molar-refractivity contribution >= 4 is 29.9 Å². The topological polar surface area (TPSA) is 59.6 Å². The van der Waals surface area contributed by atoms with Crippen molar-refractivity contribution in [1.29, 1.82) is 0 Å². The second-order valence-corrected chi connectivity index (χ2v) is 5.78. The summed E-state index contributed by atoms with van der Waals surface area (Å²) in [5.74, 6) is 2.81. The smallest absolute Gasteiger partial charge is 0.188 e. The van der Waals surface area contributed by atoms with Gasteiger partial charge in [-0.1, -0.05) is 24.6 Å². The molecule has 1 aromatic carbocycles. The lowest BCUT2D eigenvalue weighted by Gasteiger charge is -2.26. The third-order valence-corrected chi connectivity index (χ3v) is 4.36. The summed E-state index contributed by atoms with van der Waals surface area (Å²) in [5, 5.41) is 3.27. The van der Waals surface area contributed by atoms with Gasteiger partial charge in [0.2, 0.25) is 0 Å². The third kappa shape index (κ3) is 4.25. The van der Waals surface area contributed by atoms with Gasteiger partial charge in [0.05, 0.1) is 6.61 Å². The van der Waals surface area contributed by atoms with Gasteiger partial charge in [-0.15, -0.1) is 24.0 Å². The lowest BCUT2D eigenvalue weighted by molar-refractivity contribution is 0.267. The van der Waals surface area contributed by atoms with E-state index in [2.05, 4.69) is 22.4 Å². The molecule has 3 rings (SSSR count). The molecule has 1 atom stereocenters. The van der Waals surface area contributed by atoms with E-state index >= 15 is 0 Å². The highest BCUT2D eigenvalue weighted by atomic mass is 127. The molecule has 116 valence electrons. The quantitative estimate of drug-likeness (QED) is 0.464. The van der Waals surface area contributed by atoms with Gasteiger partial charge in [-0.05, 0) is 36.8 Å². The maximum absolute atomic E-state index is 5.95. The second-order valence-electron chi connectivity index (χ2n) is 5.78. The van der Waals surface area contributed by atoms with Crippen molar-refractivity contribution in [3.05, 3.63) is 29.8 Å². The van der Waals surface area contributed by atoms with Gasteiger partial charge in [-0.3, -0.25) is 4.99 Å². The molecule has 1 aliphatic carbocycles. The third-order valence-electron chi connectivity index (χ3n) is 4.36. The number of nitrogens with one attached hydrogen (secondary N) is 1. The van der Waals surface area contributed by atoms with E-state index in [9.17, 15) is 0 Å². The van der Waals surface area contributed by atoms with E-state index in [1.165, 1.54) is 24.8 Å². The number of guanidine groups is 1. The molecule has 1 aliphatic heterocycles. The summed E-state index contributed by atoms with van der Waals surface area (Å²) in [4.78, 5) is 4.44. The Kier molecular flexibility index (Phi) is 6.14. The van der Waals surface area contributed by atoms with Gasteiger partial charge in [0.15, 0.2) is 5.96 Å². The summed E-state index contributed by atoms with van der Waals surface area (Å²) < 4.78 is 5.67. The summed E-state index contributed by atoms with van der Waals surface area (Å²) in [6.45, 7) is 2.49. The SMILES string of the molecule is I.NC(=NCC1CCC1)NCC1CCOc2ccccc21. The molecule has 0 saturated heterocycles. The van der Waals surface area contributed by atoms with E-state index in [0.29, 0.717) is 11.9 Å². The van der Waals surface area contributed by atoms with Crippen LogP contribution in [0.15, 0.2) is 29.3 Å². The lowest BCUT2D eigenvalue weighted by Crippen LogP contribution is -2.36. The monoisotopic (exact) mass is 401 g/mol. The Morgan fingerprint density at radius 2 is 2.10 bits per heavy atom. The minimum atomic E-state index is 0. The number of hydrogen-bond acceptors (Lipinski definition) is 2. The molecule has 0 radical (unpaired) electrons. The molecule has 5 heteroatoms. The van der Waals surface area contributed by atoms with Gasteiger partial charge in [0.1, 0.15) is 5.75 Å². The van der Waals surface area contributed by atoms with Crippen LogP contribution >= 0.6 is 24.0 Å². The maximum atomic E-state index is 5.95. The molecule has 0 aromatic heterocycles. The summed E-state index contributed by atoms with van der Waals surface area (Å²) in [6.07, 6.45) is 5.00. The van der Waals surface area contributed by atoms with Crippen LogP contribution in [-0.4, -0.2) is 25.7 Å². The summed E-state index contributed by atoms with van der Waals surface area (Å²) in [5.41, 5.74) is 7.22. The molecule has 3 N–H and O–H groups in total. The first-order valence-corrected chi connectivity index (χ1v) is 7.58. The van der Waals surface area contributed by atoms with Crippen LogP contribution in [0.4, 0.5) is 0 Å². The average molecular weight is 401 g/mol. The van der Waals surface area contributed by atoms with Crippen LogP contribution in [0.1, 0.15) is 37.2 Å². The number of nitrogens with two attached hydrogens (primary N) is 1. The van der Waals surface area contributed by atoms with Crippen molar-refractivity contribution in [3.8, 4) is 5.75 Å². The molecule has 1 unspecified atom stereocenters. The van der Waals surface area contributed by atoms with Crippen LogP contribution in [0.5, 0.6) is 5.75 Å². The predicted molar refractivity (Wildman–Crippen MR) is 96.5 cm³/mol. The van der Waals surface area contributed by atoms with E-state index in [1.807, 2.05) is 12.1 Å². The fourth-order valence-electron chi connectivity index (χ4n) is 2.81. The van der Waals surface area contributed by atoms with Crippen LogP contribution < -0.4 is 15.8 Å². The molecule has 1 saturated carbocycles. The minimum absolute atomic E-state index is 0. The molecular formula is C16H24IN3O. The van der Waals surface area contributed by atoms with Crippen LogP contribution in [0.25, 0.3) is 0 Å². The summed E-state index contributed by atoms with van der Waals surface area (Å²) in [7, 11) is 0. The first-order chi connectivity index (χ1) is 9.83. The van der Waals surface area contributed by atoms with Crippen LogP contribution in [-0.2, 0) is 0 Å². The molecule has 1 fully saturated rings. The molecule has 21 heavy (non-hydrogen) atoms. The number of benzene rings is 1. The Balaban J connectivity index is 0.00000161. The highest BCUT2D eigenvalue weighted by Gasteiger charge is 2.21. The molecule has 0 amide bonds. The second kappa shape index (κ2) is 7.87. The molecule has 1 heterocycles. The van der Waals surface area contributed by atoms with E-state index < -0.39 is 0 Å². The highest BCUT2D eigenvalue weighted by Crippen LogP contribution is 2.32. The Labute approximate surface area is 143 Å². The van der Waals surface area contributed by atoms with Crippen molar-refractivity contribution in [3.63, 3.8) is 0 Å². The number of rotatable bonds is 4. The minimum Gasteiger partial charge on any atom is -0.493 e. The standard InChI is InChI=1S/C16H23N3O.HI/c17-16(18-10-12-4-3-5-12)19-11-13-8-9-20-15-7-2-1-6-14(13)15;/h1-2,6-7,12-13H,3-5,8-11H2,(H3,17,18,19);1H. The Morgan fingerprint density at radius 1 is 1.29 bits per heavy atom. The van der Waals surface area contributed by atoms with E-state index in [-0.39, 0.29) is 24.0 Å². The van der Waals surface area contributed by atoms with Crippen molar-refractivity contribution < 1.29 is 4.74 Å². The Hall–Kier alpha value is -0.980. The van der Waals surface area contributed by atoms with Gasteiger partial charge in [-0.2, -0.15) is 0 Å². The number of fused-ring (bicyclic) bond motifs is 1. The number of para-hydroxylation sites is 1. The summed E-state index contributed by atoms with van der Waals surface area (Å²) in [6, 6.07) is 8.26. The predicted octanol–water partition coefficient (Wildman–Crippen LogP) is 2.88. The molecule has 4 nitrogen and oxygen atoms in total. The Morgan fingerprint density at radius 3 is 2.86 bits per heavy atom. The number of aliphatic imine (C=N–C) groups is 1. The summed E-state index contributed by atoms with van der Waals surface area (Å²) >= 11 is 0. The zero-order valence-corrected chi connectivity index (χ0v) is 14.6. The van der Waals surface area contributed by atoms with Crippen molar-refractivity contribution in [1.82, 2.24) is 5.32 Å². The molecule has 0 spiro atoms. The van der Waals surface area contributed by atoms with Crippen molar-refractivity contribution in [2.45, 2.75) is 31.6 Å². The molecule has 0 bridgehead atoms. The van der Waals surface area contributed by atoms with Crippen molar-refractivity contribution in [2.75, 3.05) is 19.7 Å². The van der Waals surface area contributed by atoms with Gasteiger partial charge >= 0.3 is 0 Å². The molecule has 1 aromatic rings. The average Bonchev–Trinajstić information content (AvgIpc) is 2.43. The van der Waals surface area contributed by atoms with Crippen LogP contribution in [0.2, 0.25) is 0 Å². The van der Waals surface area contributed by atoms with Crippen LogP contribution in [0.3, 0.4) is 0 Å². The zero-order valence-electron chi connectivity index (χ0n) is 12.3. The van der Waals surface area contributed by atoms with Crippen LogP contribution in [0, 0.1) is 5.92 Å². The fourth-order valence-corrected chi connectivity index (χ4v) is 2.81. The maximum Gasteiger partial charge on any atom is 0.188 e. The molecule has 2 aliphatic rings. The van der Waals surface area contributed by atoms with Gasteiger partial charge < -0.3 is 15.8 Å². The normalized spacial score (nSPS) is 21.5. The highest BCUT2D eigenvalue weighted by molar-refractivity contribution is 14.0. The van der Waals surface area contributed by atoms with E-state index in [0.717, 1.165) is 37.8 Å². The fraction of sp³-hybridized carbons (Fsp3) is 0.562. The first-order valence-electron chi connectivity index (χ1n) is 7.58. The van der Waals surface area contributed by atoms with E-state index in [1.54, 1.807) is 0 Å². The first kappa shape index (κ1) is 16.4. The van der Waals surface area contributed by atoms with Gasteiger partial charge in [-0.25, -0.2) is 0 Å². The van der Waals surface area contributed by atoms with E-state index in [4.69, 9.17) is 10.5 Å². The number of hydrogen-bond donors (Lipinski definition) is 2. The Bertz CT molecular complexity index is 488. The van der Waals surface area contributed by atoms with Gasteiger partial charge in [0.25, 0.3) is 0 Å². The molecular weight excluding hydrogens is 377 g/mol. The number of nitrogens with zero attached hydrogens (tertiary/aromatic N) is 1. The number of ether oxygens (including phenoxy) is 1. The van der Waals surface area contributed by atoms with Gasteiger partial charge in [0, 0.05) is 19.0 Å². The van der Waals surface area contributed by atoms with Crippen molar-refractivity contribution in [2.24, 2.45) is 16.6 Å².